The van der Waals surface area contributed by atoms with Crippen LogP contribution >= 0.6 is 28.1 Å². The largest absolute Gasteiger partial charge is 0.359 e. The lowest BCUT2D eigenvalue weighted by Crippen LogP contribution is -2.40. The van der Waals surface area contributed by atoms with Crippen LogP contribution in [0.1, 0.15) is 37.7 Å². The van der Waals surface area contributed by atoms with E-state index in [1.54, 1.807) is 6.21 Å². The quantitative estimate of drug-likeness (QED) is 0.289. The van der Waals surface area contributed by atoms with Crippen LogP contribution in [0, 0.1) is 0 Å². The van der Waals surface area contributed by atoms with Crippen LogP contribution in [0.2, 0.25) is 0 Å². The first-order valence-electron chi connectivity index (χ1n) is 10.2. The van der Waals surface area contributed by atoms with E-state index < -0.39 is 0 Å². The van der Waals surface area contributed by atoms with Gasteiger partial charge in [-0.25, -0.2) is 4.68 Å². The molecule has 7 heteroatoms. The molecule has 1 aromatic heterocycles. The molecule has 1 saturated carbocycles. The number of nitrogens with zero attached hydrogens (tertiary/aromatic N) is 3. The molecule has 1 aliphatic rings. The molecule has 0 aliphatic heterocycles. The maximum absolute atomic E-state index is 5.41. The second kappa shape index (κ2) is 10.00. The Kier molecular flexibility index (Phi) is 6.92. The molecule has 0 bridgehead atoms. The summed E-state index contributed by atoms with van der Waals surface area (Å²) in [6, 6.07) is 18.6. The SMILES string of the molecule is S=C(NN=Cc1cn(-c2ccccc2)nc1-c1ccc(Br)cc1)NC1CCCCC1. The van der Waals surface area contributed by atoms with Crippen LogP contribution in [0.4, 0.5) is 0 Å². The normalized spacial score (nSPS) is 14.7. The number of hydrogen-bond donors (Lipinski definition) is 2. The predicted octanol–water partition coefficient (Wildman–Crippen LogP) is 5.43. The van der Waals surface area contributed by atoms with Crippen LogP contribution in [0.3, 0.4) is 0 Å². The van der Waals surface area contributed by atoms with Crippen molar-refractivity contribution in [3.63, 3.8) is 0 Å². The smallest absolute Gasteiger partial charge is 0.187 e. The molecule has 0 spiro atoms. The highest BCUT2D eigenvalue weighted by Crippen LogP contribution is 2.24. The van der Waals surface area contributed by atoms with Gasteiger partial charge in [-0.05, 0) is 49.3 Å². The first-order valence-corrected chi connectivity index (χ1v) is 11.4. The van der Waals surface area contributed by atoms with Crippen LogP contribution < -0.4 is 10.7 Å². The number of rotatable bonds is 5. The molecule has 0 amide bonds. The molecule has 1 fully saturated rings. The summed E-state index contributed by atoms with van der Waals surface area (Å²) in [7, 11) is 0. The zero-order valence-electron chi connectivity index (χ0n) is 16.6. The maximum Gasteiger partial charge on any atom is 0.187 e. The Labute approximate surface area is 190 Å². The van der Waals surface area contributed by atoms with Gasteiger partial charge in [-0.15, -0.1) is 0 Å². The van der Waals surface area contributed by atoms with Gasteiger partial charge in [0.1, 0.15) is 5.69 Å². The number of hydrazone groups is 1. The first-order chi connectivity index (χ1) is 14.7. The van der Waals surface area contributed by atoms with E-state index >= 15 is 0 Å². The summed E-state index contributed by atoms with van der Waals surface area (Å²) in [6.07, 6.45) is 9.94. The molecule has 2 N–H and O–H groups in total. The van der Waals surface area contributed by atoms with E-state index in [4.69, 9.17) is 17.3 Å². The molecular weight excluding hydrogens is 458 g/mol. The van der Waals surface area contributed by atoms with Crippen molar-refractivity contribution in [2.75, 3.05) is 0 Å². The Morgan fingerprint density at radius 1 is 1.07 bits per heavy atom. The minimum Gasteiger partial charge on any atom is -0.359 e. The average molecular weight is 482 g/mol. The Morgan fingerprint density at radius 3 is 2.53 bits per heavy atom. The monoisotopic (exact) mass is 481 g/mol. The molecule has 0 radical (unpaired) electrons. The summed E-state index contributed by atoms with van der Waals surface area (Å²) in [5.41, 5.74) is 6.76. The lowest BCUT2D eigenvalue weighted by molar-refractivity contribution is 0.412. The zero-order chi connectivity index (χ0) is 20.8. The Balaban J connectivity index is 1.53. The lowest BCUT2D eigenvalue weighted by Gasteiger charge is -2.23. The minimum absolute atomic E-state index is 0.452. The van der Waals surface area contributed by atoms with E-state index in [1.807, 2.05) is 65.5 Å². The number of thiocarbonyl (C=S) groups is 1. The summed E-state index contributed by atoms with van der Waals surface area (Å²) in [5, 5.41) is 13.1. The molecule has 5 nitrogen and oxygen atoms in total. The van der Waals surface area contributed by atoms with Crippen molar-refractivity contribution in [3.8, 4) is 16.9 Å². The fourth-order valence-corrected chi connectivity index (χ4v) is 4.14. The van der Waals surface area contributed by atoms with Gasteiger partial charge in [0.2, 0.25) is 0 Å². The number of hydrogen-bond acceptors (Lipinski definition) is 3. The van der Waals surface area contributed by atoms with E-state index in [0.29, 0.717) is 11.2 Å². The molecule has 2 aromatic carbocycles. The van der Waals surface area contributed by atoms with Gasteiger partial charge >= 0.3 is 0 Å². The van der Waals surface area contributed by atoms with Gasteiger partial charge in [-0.1, -0.05) is 65.5 Å². The molecule has 30 heavy (non-hydrogen) atoms. The number of halogens is 1. The lowest BCUT2D eigenvalue weighted by atomic mass is 9.96. The fourth-order valence-electron chi connectivity index (χ4n) is 3.65. The highest BCUT2D eigenvalue weighted by Gasteiger charge is 2.14. The summed E-state index contributed by atoms with van der Waals surface area (Å²) < 4.78 is 2.90. The van der Waals surface area contributed by atoms with Gasteiger partial charge in [-0.3, -0.25) is 5.43 Å². The maximum atomic E-state index is 5.41. The fraction of sp³-hybridized carbons (Fsp3) is 0.261. The topological polar surface area (TPSA) is 54.2 Å². The van der Waals surface area contributed by atoms with Crippen LogP contribution in [0.5, 0.6) is 0 Å². The van der Waals surface area contributed by atoms with Gasteiger partial charge in [0, 0.05) is 27.8 Å². The van der Waals surface area contributed by atoms with Crippen LogP contribution in [-0.4, -0.2) is 27.1 Å². The molecule has 0 atom stereocenters. The Bertz CT molecular complexity index is 1010. The van der Waals surface area contributed by atoms with Crippen molar-refractivity contribution in [2.45, 2.75) is 38.1 Å². The molecule has 154 valence electrons. The third-order valence-corrected chi connectivity index (χ3v) is 5.93. The standard InChI is InChI=1S/C23H24BrN5S/c24-19-13-11-17(12-14-19)22-18(16-29(28-22)21-9-5-2-6-10-21)15-25-27-23(30)26-20-7-3-1-4-8-20/h2,5-6,9-16,20H,1,3-4,7-8H2,(H2,26,27,30). The summed E-state index contributed by atoms with van der Waals surface area (Å²) in [6.45, 7) is 0. The van der Waals surface area contributed by atoms with E-state index in [1.165, 1.54) is 32.1 Å². The van der Waals surface area contributed by atoms with Gasteiger partial charge in [-0.2, -0.15) is 10.2 Å². The number of para-hydroxylation sites is 1. The molecule has 1 aliphatic carbocycles. The van der Waals surface area contributed by atoms with Crippen molar-refractivity contribution in [3.05, 3.63) is 70.8 Å². The zero-order valence-corrected chi connectivity index (χ0v) is 19.0. The van der Waals surface area contributed by atoms with Crippen molar-refractivity contribution < 1.29 is 0 Å². The van der Waals surface area contributed by atoms with E-state index in [0.717, 1.165) is 27.0 Å². The molecule has 4 rings (SSSR count). The second-order valence-electron chi connectivity index (χ2n) is 7.40. The van der Waals surface area contributed by atoms with E-state index in [-0.39, 0.29) is 0 Å². The predicted molar refractivity (Wildman–Crippen MR) is 130 cm³/mol. The van der Waals surface area contributed by atoms with Crippen molar-refractivity contribution in [1.29, 1.82) is 0 Å². The molecule has 1 heterocycles. The minimum atomic E-state index is 0.452. The first kappa shape index (κ1) is 20.8. The molecule has 3 aromatic rings. The second-order valence-corrected chi connectivity index (χ2v) is 8.72. The number of aromatic nitrogens is 2. The molecular formula is C23H24BrN5S. The highest BCUT2D eigenvalue weighted by atomic mass is 79.9. The number of nitrogens with one attached hydrogen (secondary N) is 2. The van der Waals surface area contributed by atoms with E-state index in [9.17, 15) is 0 Å². The van der Waals surface area contributed by atoms with Crippen molar-refractivity contribution in [1.82, 2.24) is 20.5 Å². The summed E-state index contributed by atoms with van der Waals surface area (Å²) in [4.78, 5) is 0. The van der Waals surface area contributed by atoms with Gasteiger partial charge in [0.15, 0.2) is 5.11 Å². The summed E-state index contributed by atoms with van der Waals surface area (Å²) in [5.74, 6) is 0. The van der Waals surface area contributed by atoms with Crippen molar-refractivity contribution >= 4 is 39.5 Å². The van der Waals surface area contributed by atoms with Gasteiger partial charge in [0.25, 0.3) is 0 Å². The third kappa shape index (κ3) is 5.34. The van der Waals surface area contributed by atoms with Crippen LogP contribution in [-0.2, 0) is 0 Å². The van der Waals surface area contributed by atoms with Crippen molar-refractivity contribution in [2.24, 2.45) is 5.10 Å². The number of benzene rings is 2. The average Bonchev–Trinajstić information content (AvgIpc) is 3.20. The highest BCUT2D eigenvalue weighted by molar-refractivity contribution is 9.10. The Morgan fingerprint density at radius 2 is 1.80 bits per heavy atom. The van der Waals surface area contributed by atoms with Gasteiger partial charge in [0.05, 0.1) is 11.9 Å². The van der Waals surface area contributed by atoms with Gasteiger partial charge < -0.3 is 5.32 Å². The third-order valence-electron chi connectivity index (χ3n) is 5.19. The Hall–Kier alpha value is -2.51. The van der Waals surface area contributed by atoms with Crippen LogP contribution in [0.25, 0.3) is 16.9 Å². The van der Waals surface area contributed by atoms with Crippen LogP contribution in [0.15, 0.2) is 70.4 Å². The molecule has 0 unspecified atom stereocenters. The summed E-state index contributed by atoms with van der Waals surface area (Å²) >= 11 is 8.90. The van der Waals surface area contributed by atoms with E-state index in [2.05, 4.69) is 31.8 Å². The molecule has 0 saturated heterocycles.